The molecule has 0 N–H and O–H groups in total. The van der Waals surface area contributed by atoms with Crippen LogP contribution in [-0.4, -0.2) is 46.5 Å². The Bertz CT molecular complexity index is 961. The third-order valence-corrected chi connectivity index (χ3v) is 6.09. The molecule has 2 aliphatic heterocycles. The first-order valence-corrected chi connectivity index (χ1v) is 10.5. The van der Waals surface area contributed by atoms with E-state index in [0.29, 0.717) is 24.6 Å². The second-order valence-corrected chi connectivity index (χ2v) is 8.47. The van der Waals surface area contributed by atoms with Crippen LogP contribution >= 0.6 is 27.7 Å². The van der Waals surface area contributed by atoms with Crippen LogP contribution in [0.1, 0.15) is 18.6 Å². The van der Waals surface area contributed by atoms with E-state index >= 15 is 0 Å². The van der Waals surface area contributed by atoms with Crippen molar-refractivity contribution in [3.05, 3.63) is 51.5 Å². The zero-order valence-corrected chi connectivity index (χ0v) is 17.3. The van der Waals surface area contributed by atoms with Crippen LogP contribution in [0.2, 0.25) is 0 Å². The zero-order chi connectivity index (χ0) is 19.7. The van der Waals surface area contributed by atoms with E-state index in [1.165, 1.54) is 0 Å². The van der Waals surface area contributed by atoms with E-state index in [-0.39, 0.29) is 17.4 Å². The lowest BCUT2D eigenvalue weighted by Gasteiger charge is -2.18. The summed E-state index contributed by atoms with van der Waals surface area (Å²) in [5.74, 6) is 0.511. The monoisotopic (exact) mass is 460 g/mol. The molecule has 0 unspecified atom stereocenters. The van der Waals surface area contributed by atoms with Crippen molar-refractivity contribution in [1.29, 1.82) is 0 Å². The SMILES string of the molecule is O=C(CN1C(=O)S/C(=C\c2ccc(-c3ccc(Br)cc3)o2)C1=O)N1CCCC1. The molecule has 2 aromatic rings. The van der Waals surface area contributed by atoms with Gasteiger partial charge in [0.15, 0.2) is 0 Å². The van der Waals surface area contributed by atoms with Crippen molar-refractivity contribution in [2.45, 2.75) is 12.8 Å². The number of carbonyl (C=O) groups excluding carboxylic acids is 3. The van der Waals surface area contributed by atoms with Crippen LogP contribution in [0.5, 0.6) is 0 Å². The molecule has 1 aromatic carbocycles. The molecule has 2 saturated heterocycles. The molecule has 0 bridgehead atoms. The van der Waals surface area contributed by atoms with Crippen molar-refractivity contribution < 1.29 is 18.8 Å². The van der Waals surface area contributed by atoms with Crippen molar-refractivity contribution in [3.63, 3.8) is 0 Å². The average molecular weight is 461 g/mol. The minimum Gasteiger partial charge on any atom is -0.457 e. The predicted molar refractivity (Wildman–Crippen MR) is 110 cm³/mol. The van der Waals surface area contributed by atoms with Crippen LogP contribution in [0, 0.1) is 0 Å². The normalized spacial score (nSPS) is 18.5. The Kier molecular flexibility index (Phi) is 5.41. The van der Waals surface area contributed by atoms with Gasteiger partial charge in [-0.3, -0.25) is 19.3 Å². The predicted octanol–water partition coefficient (Wildman–Crippen LogP) is 4.37. The number of imide groups is 1. The summed E-state index contributed by atoms with van der Waals surface area (Å²) < 4.78 is 6.76. The van der Waals surface area contributed by atoms with Crippen LogP contribution < -0.4 is 0 Å². The lowest BCUT2D eigenvalue weighted by Crippen LogP contribution is -2.40. The van der Waals surface area contributed by atoms with E-state index in [1.807, 2.05) is 30.3 Å². The Labute approximate surface area is 174 Å². The summed E-state index contributed by atoms with van der Waals surface area (Å²) in [6, 6.07) is 11.2. The molecule has 3 amide bonds. The number of amides is 3. The summed E-state index contributed by atoms with van der Waals surface area (Å²) in [4.78, 5) is 40.0. The number of benzene rings is 1. The van der Waals surface area contributed by atoms with Crippen molar-refractivity contribution >= 4 is 50.8 Å². The van der Waals surface area contributed by atoms with Crippen LogP contribution in [-0.2, 0) is 9.59 Å². The molecule has 4 rings (SSSR count). The van der Waals surface area contributed by atoms with E-state index in [0.717, 1.165) is 39.5 Å². The number of nitrogens with zero attached hydrogens (tertiary/aromatic N) is 2. The van der Waals surface area contributed by atoms with Crippen molar-refractivity contribution in [1.82, 2.24) is 9.80 Å². The Morgan fingerprint density at radius 2 is 1.82 bits per heavy atom. The second kappa shape index (κ2) is 7.97. The van der Waals surface area contributed by atoms with Gasteiger partial charge in [0, 0.05) is 29.2 Å². The summed E-state index contributed by atoms with van der Waals surface area (Å²) in [5, 5.41) is -0.427. The first-order chi connectivity index (χ1) is 13.5. The molecule has 144 valence electrons. The van der Waals surface area contributed by atoms with Crippen LogP contribution in [0.4, 0.5) is 4.79 Å². The fraction of sp³-hybridized carbons (Fsp3) is 0.250. The summed E-state index contributed by atoms with van der Waals surface area (Å²) in [6.07, 6.45) is 3.48. The van der Waals surface area contributed by atoms with Gasteiger partial charge in [0.25, 0.3) is 11.1 Å². The summed E-state index contributed by atoms with van der Waals surface area (Å²) in [6.45, 7) is 1.18. The maximum atomic E-state index is 12.6. The van der Waals surface area contributed by atoms with E-state index in [9.17, 15) is 14.4 Å². The first-order valence-electron chi connectivity index (χ1n) is 8.90. The average Bonchev–Trinajstić information content (AvgIpc) is 3.41. The molecule has 6 nitrogen and oxygen atoms in total. The van der Waals surface area contributed by atoms with Gasteiger partial charge in [-0.25, -0.2) is 0 Å². The van der Waals surface area contributed by atoms with E-state index in [1.54, 1.807) is 17.0 Å². The van der Waals surface area contributed by atoms with Gasteiger partial charge in [0.1, 0.15) is 18.1 Å². The maximum absolute atomic E-state index is 12.6. The fourth-order valence-corrected chi connectivity index (χ4v) is 4.25. The minimum absolute atomic E-state index is 0.184. The lowest BCUT2D eigenvalue weighted by molar-refractivity contribution is -0.135. The second-order valence-electron chi connectivity index (χ2n) is 6.56. The third kappa shape index (κ3) is 3.93. The maximum Gasteiger partial charge on any atom is 0.294 e. The Morgan fingerprint density at radius 3 is 2.54 bits per heavy atom. The highest BCUT2D eigenvalue weighted by Crippen LogP contribution is 2.33. The summed E-state index contributed by atoms with van der Waals surface area (Å²) in [5.41, 5.74) is 0.909. The van der Waals surface area contributed by atoms with Gasteiger partial charge in [0.2, 0.25) is 5.91 Å². The molecule has 2 aliphatic rings. The summed E-state index contributed by atoms with van der Waals surface area (Å²) >= 11 is 4.22. The number of likely N-dealkylation sites (tertiary alicyclic amines) is 1. The number of thioether (sulfide) groups is 1. The molecule has 8 heteroatoms. The quantitative estimate of drug-likeness (QED) is 0.633. The van der Waals surface area contributed by atoms with E-state index in [4.69, 9.17) is 4.42 Å². The summed E-state index contributed by atoms with van der Waals surface area (Å²) in [7, 11) is 0. The number of carbonyl (C=O) groups is 3. The Morgan fingerprint density at radius 1 is 1.11 bits per heavy atom. The molecule has 0 radical (unpaired) electrons. The highest BCUT2D eigenvalue weighted by molar-refractivity contribution is 9.10. The zero-order valence-electron chi connectivity index (χ0n) is 14.9. The molecule has 2 fully saturated rings. The van der Waals surface area contributed by atoms with E-state index < -0.39 is 11.1 Å². The van der Waals surface area contributed by atoms with Gasteiger partial charge >= 0.3 is 0 Å². The van der Waals surface area contributed by atoms with Crippen molar-refractivity contribution in [3.8, 4) is 11.3 Å². The first kappa shape index (κ1) is 19.0. The van der Waals surface area contributed by atoms with E-state index in [2.05, 4.69) is 15.9 Å². The molecule has 0 spiro atoms. The molecule has 0 aliphatic carbocycles. The fourth-order valence-electron chi connectivity index (χ4n) is 3.17. The van der Waals surface area contributed by atoms with Crippen LogP contribution in [0.25, 0.3) is 17.4 Å². The number of furan rings is 1. The topological polar surface area (TPSA) is 70.8 Å². The van der Waals surface area contributed by atoms with Gasteiger partial charge in [-0.2, -0.15) is 0 Å². The third-order valence-electron chi connectivity index (χ3n) is 4.65. The molecule has 28 heavy (non-hydrogen) atoms. The van der Waals surface area contributed by atoms with Crippen LogP contribution in [0.15, 0.2) is 50.2 Å². The van der Waals surface area contributed by atoms with Gasteiger partial charge in [-0.15, -0.1) is 0 Å². The number of rotatable bonds is 4. The molecular formula is C20H17BrN2O4S. The highest BCUT2D eigenvalue weighted by Gasteiger charge is 2.37. The van der Waals surface area contributed by atoms with Crippen molar-refractivity contribution in [2.75, 3.05) is 19.6 Å². The number of hydrogen-bond donors (Lipinski definition) is 0. The molecule has 3 heterocycles. The minimum atomic E-state index is -0.455. The smallest absolute Gasteiger partial charge is 0.294 e. The number of hydrogen-bond acceptors (Lipinski definition) is 5. The van der Waals surface area contributed by atoms with Gasteiger partial charge in [0.05, 0.1) is 4.91 Å². The largest absolute Gasteiger partial charge is 0.457 e. The van der Waals surface area contributed by atoms with Gasteiger partial charge in [-0.1, -0.05) is 28.1 Å². The molecular weight excluding hydrogens is 444 g/mol. The van der Waals surface area contributed by atoms with Gasteiger partial charge < -0.3 is 9.32 Å². The highest BCUT2D eigenvalue weighted by atomic mass is 79.9. The molecule has 0 saturated carbocycles. The van der Waals surface area contributed by atoms with Gasteiger partial charge in [-0.05, 0) is 48.9 Å². The van der Waals surface area contributed by atoms with Crippen molar-refractivity contribution in [2.24, 2.45) is 0 Å². The molecule has 1 aromatic heterocycles. The standard InChI is InChI=1S/C20H17BrN2O4S/c21-14-5-3-13(4-6-14)16-8-7-15(27-16)11-17-19(25)23(20(26)28-17)12-18(24)22-9-1-2-10-22/h3-8,11H,1-2,9-10,12H2/b17-11-. The Hall–Kier alpha value is -2.32. The number of halogens is 1. The lowest BCUT2D eigenvalue weighted by atomic mass is 10.2. The Balaban J connectivity index is 1.48. The van der Waals surface area contributed by atoms with Crippen LogP contribution in [0.3, 0.4) is 0 Å². The molecule has 0 atom stereocenters.